The van der Waals surface area contributed by atoms with Gasteiger partial charge in [-0.1, -0.05) is 29.8 Å². The fourth-order valence-corrected chi connectivity index (χ4v) is 3.97. The van der Waals surface area contributed by atoms with Crippen molar-refractivity contribution in [2.75, 3.05) is 12.4 Å². The van der Waals surface area contributed by atoms with Crippen molar-refractivity contribution in [1.29, 1.82) is 0 Å². The second-order valence-electron chi connectivity index (χ2n) is 6.42. The van der Waals surface area contributed by atoms with Crippen molar-refractivity contribution in [2.45, 2.75) is 0 Å². The summed E-state index contributed by atoms with van der Waals surface area (Å²) in [4.78, 5) is 25.5. The number of esters is 1. The molecule has 2 aromatic carbocycles. The highest BCUT2D eigenvalue weighted by atomic mass is 35.5. The highest BCUT2D eigenvalue weighted by Crippen LogP contribution is 2.33. The SMILES string of the molecule is COC(=O)c1ccc(F)c(NC(=O)c2cn(-c3ccccc3)nc2-c2ccc(Cl)s2)c1. The zero-order valence-corrected chi connectivity index (χ0v) is 17.7. The number of methoxy groups -OCH3 is 1. The summed E-state index contributed by atoms with van der Waals surface area (Å²) in [7, 11) is 1.22. The summed E-state index contributed by atoms with van der Waals surface area (Å²) in [6, 6.07) is 16.3. The van der Waals surface area contributed by atoms with E-state index in [1.165, 1.54) is 30.6 Å². The molecule has 0 aliphatic carbocycles. The molecule has 4 aromatic rings. The Morgan fingerprint density at radius 2 is 1.90 bits per heavy atom. The maximum atomic E-state index is 14.3. The van der Waals surface area contributed by atoms with Crippen molar-refractivity contribution >= 4 is 40.5 Å². The number of hydrogen-bond acceptors (Lipinski definition) is 5. The Hall–Kier alpha value is -3.49. The Morgan fingerprint density at radius 1 is 1.13 bits per heavy atom. The van der Waals surface area contributed by atoms with Crippen molar-refractivity contribution in [3.8, 4) is 16.3 Å². The number of rotatable bonds is 5. The molecule has 0 atom stereocenters. The Bertz CT molecular complexity index is 1270. The Morgan fingerprint density at radius 3 is 2.58 bits per heavy atom. The first-order chi connectivity index (χ1) is 15.0. The number of hydrogen-bond donors (Lipinski definition) is 1. The van der Waals surface area contributed by atoms with Gasteiger partial charge in [-0.25, -0.2) is 13.9 Å². The van der Waals surface area contributed by atoms with Crippen molar-refractivity contribution in [3.05, 3.63) is 88.1 Å². The molecular weight excluding hydrogens is 441 g/mol. The summed E-state index contributed by atoms with van der Waals surface area (Å²) in [5, 5.41) is 7.07. The van der Waals surface area contributed by atoms with E-state index in [-0.39, 0.29) is 16.8 Å². The molecule has 156 valence electrons. The fraction of sp³-hybridized carbons (Fsp3) is 0.0455. The van der Waals surface area contributed by atoms with E-state index >= 15 is 0 Å². The number of halogens is 2. The number of nitrogens with one attached hydrogen (secondary N) is 1. The summed E-state index contributed by atoms with van der Waals surface area (Å²) in [6.07, 6.45) is 1.57. The van der Waals surface area contributed by atoms with E-state index in [0.717, 1.165) is 11.8 Å². The molecule has 0 spiro atoms. The molecule has 0 saturated carbocycles. The molecule has 0 aliphatic heterocycles. The number of para-hydroxylation sites is 1. The number of carbonyl (C=O) groups excluding carboxylic acids is 2. The molecule has 0 bridgehead atoms. The largest absolute Gasteiger partial charge is 0.465 e. The molecule has 0 radical (unpaired) electrons. The second-order valence-corrected chi connectivity index (χ2v) is 8.13. The van der Waals surface area contributed by atoms with Crippen LogP contribution in [0, 0.1) is 5.82 Å². The summed E-state index contributed by atoms with van der Waals surface area (Å²) < 4.78 is 21.1. The third kappa shape index (κ3) is 4.35. The average molecular weight is 456 g/mol. The Kier molecular flexibility index (Phi) is 5.83. The molecule has 2 heterocycles. The van der Waals surface area contributed by atoms with Gasteiger partial charge in [0.2, 0.25) is 0 Å². The number of carbonyl (C=O) groups is 2. The van der Waals surface area contributed by atoms with E-state index in [9.17, 15) is 14.0 Å². The van der Waals surface area contributed by atoms with Gasteiger partial charge in [0.05, 0.1) is 38.8 Å². The molecule has 9 heteroatoms. The lowest BCUT2D eigenvalue weighted by Gasteiger charge is -2.08. The van der Waals surface area contributed by atoms with Gasteiger partial charge in [0.1, 0.15) is 11.5 Å². The quantitative estimate of drug-likeness (QED) is 0.407. The Balaban J connectivity index is 1.74. The van der Waals surface area contributed by atoms with Crippen LogP contribution in [0.1, 0.15) is 20.7 Å². The number of ether oxygens (including phenoxy) is 1. The number of thiophene rings is 1. The van der Waals surface area contributed by atoms with Crippen LogP contribution in [-0.2, 0) is 4.74 Å². The average Bonchev–Trinajstić information content (AvgIpc) is 3.42. The molecule has 0 aliphatic rings. The molecular formula is C22H15ClFN3O3S. The topological polar surface area (TPSA) is 73.2 Å². The highest BCUT2D eigenvalue weighted by molar-refractivity contribution is 7.19. The Labute approximate surface area is 185 Å². The second kappa shape index (κ2) is 8.71. The fourth-order valence-electron chi connectivity index (χ4n) is 2.93. The van der Waals surface area contributed by atoms with Gasteiger partial charge in [-0.15, -0.1) is 11.3 Å². The van der Waals surface area contributed by atoms with E-state index in [0.29, 0.717) is 14.9 Å². The summed E-state index contributed by atoms with van der Waals surface area (Å²) >= 11 is 7.34. The maximum absolute atomic E-state index is 14.3. The first-order valence-electron chi connectivity index (χ1n) is 9.06. The molecule has 31 heavy (non-hydrogen) atoms. The predicted octanol–water partition coefficient (Wildman–Crippen LogP) is 5.43. The number of nitrogens with zero attached hydrogens (tertiary/aromatic N) is 2. The van der Waals surface area contributed by atoms with E-state index in [2.05, 4.69) is 15.2 Å². The summed E-state index contributed by atoms with van der Waals surface area (Å²) in [6.45, 7) is 0. The first-order valence-corrected chi connectivity index (χ1v) is 10.3. The van der Waals surface area contributed by atoms with E-state index in [4.69, 9.17) is 11.6 Å². The number of amides is 1. The molecule has 6 nitrogen and oxygen atoms in total. The number of aromatic nitrogens is 2. The molecule has 1 N–H and O–H groups in total. The van der Waals surface area contributed by atoms with Crippen molar-refractivity contribution < 1.29 is 18.7 Å². The van der Waals surface area contributed by atoms with E-state index in [1.54, 1.807) is 23.0 Å². The zero-order valence-electron chi connectivity index (χ0n) is 16.1. The lowest BCUT2D eigenvalue weighted by Crippen LogP contribution is -2.14. The molecule has 4 rings (SSSR count). The van der Waals surface area contributed by atoms with Crippen molar-refractivity contribution in [3.63, 3.8) is 0 Å². The van der Waals surface area contributed by atoms with E-state index in [1.807, 2.05) is 30.3 Å². The highest BCUT2D eigenvalue weighted by Gasteiger charge is 2.21. The van der Waals surface area contributed by atoms with Gasteiger partial charge in [-0.2, -0.15) is 5.10 Å². The van der Waals surface area contributed by atoms with Gasteiger partial charge in [-0.3, -0.25) is 4.79 Å². The van der Waals surface area contributed by atoms with Crippen LogP contribution in [0.2, 0.25) is 4.34 Å². The predicted molar refractivity (Wildman–Crippen MR) is 118 cm³/mol. The lowest BCUT2D eigenvalue weighted by molar-refractivity contribution is 0.0600. The monoisotopic (exact) mass is 455 g/mol. The van der Waals surface area contributed by atoms with Crippen LogP contribution in [0.15, 0.2) is 66.9 Å². The van der Waals surface area contributed by atoms with E-state index < -0.39 is 17.7 Å². The third-order valence-corrected chi connectivity index (χ3v) is 5.66. The van der Waals surface area contributed by atoms with Crippen molar-refractivity contribution in [2.24, 2.45) is 0 Å². The van der Waals surface area contributed by atoms with Gasteiger partial charge < -0.3 is 10.1 Å². The summed E-state index contributed by atoms with van der Waals surface area (Å²) in [5.41, 5.74) is 1.36. The number of benzene rings is 2. The molecule has 0 fully saturated rings. The van der Waals surface area contributed by atoms with Gasteiger partial charge >= 0.3 is 5.97 Å². The number of anilines is 1. The first kappa shape index (κ1) is 20.8. The smallest absolute Gasteiger partial charge is 0.337 e. The standard InChI is InChI=1S/C22H15ClFN3O3S/c1-30-22(29)13-7-8-16(24)17(11-13)25-21(28)15-12-27(14-5-3-2-4-6-14)26-20(15)18-9-10-19(23)31-18/h2-12H,1H3,(H,25,28). The van der Waals surface area contributed by atoms with Crippen LogP contribution in [0.3, 0.4) is 0 Å². The summed E-state index contributed by atoms with van der Waals surface area (Å²) in [5.74, 6) is -1.90. The van der Waals surface area contributed by atoms with Gasteiger partial charge in [-0.05, 0) is 42.5 Å². The van der Waals surface area contributed by atoms with Crippen molar-refractivity contribution in [1.82, 2.24) is 9.78 Å². The lowest BCUT2D eigenvalue weighted by atomic mass is 10.1. The van der Waals surface area contributed by atoms with Crippen LogP contribution in [0.5, 0.6) is 0 Å². The van der Waals surface area contributed by atoms with Crippen LogP contribution in [-0.4, -0.2) is 28.8 Å². The minimum Gasteiger partial charge on any atom is -0.465 e. The maximum Gasteiger partial charge on any atom is 0.337 e. The van der Waals surface area contributed by atoms with Crippen LogP contribution < -0.4 is 5.32 Å². The van der Waals surface area contributed by atoms with Crippen LogP contribution in [0.25, 0.3) is 16.3 Å². The van der Waals surface area contributed by atoms with Gasteiger partial charge in [0, 0.05) is 6.20 Å². The molecule has 1 amide bonds. The minimum absolute atomic E-state index is 0.115. The third-order valence-electron chi connectivity index (χ3n) is 4.42. The molecule has 0 saturated heterocycles. The normalized spacial score (nSPS) is 10.7. The van der Waals surface area contributed by atoms with Gasteiger partial charge in [0.25, 0.3) is 5.91 Å². The zero-order chi connectivity index (χ0) is 22.0. The minimum atomic E-state index is -0.683. The molecule has 2 aromatic heterocycles. The molecule has 0 unspecified atom stereocenters. The van der Waals surface area contributed by atoms with Crippen LogP contribution >= 0.6 is 22.9 Å². The van der Waals surface area contributed by atoms with Crippen LogP contribution in [0.4, 0.5) is 10.1 Å². The van der Waals surface area contributed by atoms with Gasteiger partial charge in [0.15, 0.2) is 0 Å².